The van der Waals surface area contributed by atoms with Crippen LogP contribution in [-0.4, -0.2) is 106 Å². The van der Waals surface area contributed by atoms with Crippen LogP contribution < -0.4 is 15.4 Å². The molecule has 4 N–H and O–H groups in total. The Hall–Kier alpha value is -3.78. The second kappa shape index (κ2) is 13.0. The number of aromatic nitrogens is 2. The Balaban J connectivity index is 1.21. The van der Waals surface area contributed by atoms with Crippen molar-refractivity contribution in [3.05, 3.63) is 40.5 Å². The molecule has 0 spiro atoms. The molecule has 52 heavy (non-hydrogen) atoms. The Morgan fingerprint density at radius 2 is 1.90 bits per heavy atom. The first kappa shape index (κ1) is 34.0. The van der Waals surface area contributed by atoms with Gasteiger partial charge in [-0.3, -0.25) is 9.80 Å². The summed E-state index contributed by atoms with van der Waals surface area (Å²) in [6.45, 7) is 3.19. The first-order valence-corrected chi connectivity index (χ1v) is 18.9. The molecule has 5 atom stereocenters. The summed E-state index contributed by atoms with van der Waals surface area (Å²) >= 11 is 1.15. The summed E-state index contributed by atoms with van der Waals surface area (Å²) < 4.78 is 61.2. The summed E-state index contributed by atoms with van der Waals surface area (Å²) in [5, 5.41) is 30.4. The molecule has 7 heterocycles. The summed E-state index contributed by atoms with van der Waals surface area (Å²) in [5.41, 5.74) is 6.86. The van der Waals surface area contributed by atoms with Gasteiger partial charge in [0.05, 0.1) is 42.4 Å². The maximum Gasteiger partial charge on any atom is 0.319 e. The van der Waals surface area contributed by atoms with Crippen LogP contribution in [-0.2, 0) is 18.0 Å². The summed E-state index contributed by atoms with van der Waals surface area (Å²) in [4.78, 5) is 16.4. The normalized spacial score (nSPS) is 26.4. The molecule has 4 fully saturated rings. The fraction of sp³-hybridized carbons (Fsp3) is 0.541. The third-order valence-electron chi connectivity index (χ3n) is 12.0. The van der Waals surface area contributed by atoms with E-state index in [0.29, 0.717) is 66.1 Å². The van der Waals surface area contributed by atoms with Crippen molar-refractivity contribution < 1.29 is 32.9 Å². The van der Waals surface area contributed by atoms with Gasteiger partial charge in [0.15, 0.2) is 5.82 Å². The number of nitrogen functional groups attached to an aromatic ring is 1. The van der Waals surface area contributed by atoms with E-state index in [2.05, 4.69) is 20.8 Å². The van der Waals surface area contributed by atoms with E-state index in [1.54, 1.807) is 6.07 Å². The molecule has 4 unspecified atom stereocenters. The fourth-order valence-electron chi connectivity index (χ4n) is 9.63. The number of nitriles is 1. The number of halogens is 3. The minimum atomic E-state index is -0.952. The van der Waals surface area contributed by atoms with Gasteiger partial charge in [0, 0.05) is 65.9 Å². The van der Waals surface area contributed by atoms with E-state index in [-0.39, 0.29) is 77.1 Å². The number of ether oxygens (including phenoxy) is 2. The fourth-order valence-corrected chi connectivity index (χ4v) is 10.6. The van der Waals surface area contributed by atoms with E-state index in [1.165, 1.54) is 6.07 Å². The maximum atomic E-state index is 17.6. The molecule has 15 heteroatoms. The van der Waals surface area contributed by atoms with Gasteiger partial charge < -0.3 is 30.3 Å². The first-order chi connectivity index (χ1) is 25.2. The molecule has 2 bridgehead atoms. The quantitative estimate of drug-likeness (QED) is 0.222. The Morgan fingerprint density at radius 3 is 2.67 bits per heavy atom. The summed E-state index contributed by atoms with van der Waals surface area (Å²) in [6, 6.07) is 4.94. The van der Waals surface area contributed by atoms with Crippen LogP contribution in [0.5, 0.6) is 6.01 Å². The maximum absolute atomic E-state index is 17.6. The van der Waals surface area contributed by atoms with Gasteiger partial charge in [-0.05, 0) is 61.9 Å². The molecule has 9 rings (SSSR count). The zero-order valence-electron chi connectivity index (χ0n) is 28.6. The van der Waals surface area contributed by atoms with E-state index in [4.69, 9.17) is 25.2 Å². The predicted molar refractivity (Wildman–Crippen MR) is 190 cm³/mol. The van der Waals surface area contributed by atoms with Crippen molar-refractivity contribution in [2.24, 2.45) is 0 Å². The molecule has 5 aliphatic rings. The third kappa shape index (κ3) is 5.33. The summed E-state index contributed by atoms with van der Waals surface area (Å²) in [7, 11) is 0. The van der Waals surface area contributed by atoms with Gasteiger partial charge in [-0.25, -0.2) is 13.2 Å². The number of alkyl halides is 1. The molecular weight excluding hydrogens is 696 g/mol. The molecule has 0 amide bonds. The smallest absolute Gasteiger partial charge is 0.319 e. The molecule has 11 nitrogen and oxygen atoms in total. The number of nitrogens with two attached hydrogens (primary N) is 1. The van der Waals surface area contributed by atoms with Crippen LogP contribution in [0.25, 0.3) is 32.1 Å². The summed E-state index contributed by atoms with van der Waals surface area (Å²) in [5.74, 6) is -0.925. The number of aliphatic hydroxyl groups excluding tert-OH is 2. The average molecular weight is 736 g/mol. The third-order valence-corrected chi connectivity index (χ3v) is 13.0. The van der Waals surface area contributed by atoms with Gasteiger partial charge >= 0.3 is 6.01 Å². The minimum Gasteiger partial charge on any atom is -0.461 e. The van der Waals surface area contributed by atoms with Crippen LogP contribution >= 0.6 is 11.3 Å². The SMILES string of the molecule is N#Cc1c(N)sc2ccc(F)c(-c3c4c(c5c(N6C7CCC6CN(CCC(O)CO)C7)nc(OC[C@@]67CCCN6CC(F)C7)nc5c3F)COC4)c12. The highest BCUT2D eigenvalue weighted by Crippen LogP contribution is 2.49. The zero-order valence-corrected chi connectivity index (χ0v) is 29.4. The second-order valence-electron chi connectivity index (χ2n) is 15.0. The topological polar surface area (TPSA) is 144 Å². The van der Waals surface area contributed by atoms with Crippen LogP contribution in [0.3, 0.4) is 0 Å². The molecule has 4 saturated heterocycles. The minimum absolute atomic E-state index is 0.0140. The number of fused-ring (bicyclic) bond motifs is 7. The van der Waals surface area contributed by atoms with Crippen LogP contribution in [0.4, 0.5) is 24.0 Å². The van der Waals surface area contributed by atoms with Gasteiger partial charge in [0.1, 0.15) is 41.0 Å². The average Bonchev–Trinajstić information content (AvgIpc) is 3.94. The van der Waals surface area contributed by atoms with Crippen molar-refractivity contribution in [3.63, 3.8) is 0 Å². The lowest BCUT2D eigenvalue weighted by Gasteiger charge is -2.42. The number of benzene rings is 2. The van der Waals surface area contributed by atoms with E-state index in [0.717, 1.165) is 43.6 Å². The van der Waals surface area contributed by atoms with Gasteiger partial charge in [-0.1, -0.05) is 0 Å². The van der Waals surface area contributed by atoms with Crippen LogP contribution in [0.2, 0.25) is 0 Å². The molecule has 0 aliphatic carbocycles. The molecule has 5 aliphatic heterocycles. The number of aliphatic hydroxyl groups is 2. The predicted octanol–water partition coefficient (Wildman–Crippen LogP) is 4.63. The lowest BCUT2D eigenvalue weighted by Crippen LogP contribution is -2.54. The number of rotatable bonds is 9. The Kier molecular flexibility index (Phi) is 8.48. The van der Waals surface area contributed by atoms with E-state index in [1.807, 2.05) is 0 Å². The standard InChI is InChI=1S/C37H40F3N7O4S/c38-19-10-37(7-1-8-46(37)12-19)18-51-36-43-33-30(35(44-36)47-20-2-3-21(47)14-45(13-20)9-6-22(49)15-48)25-17-50-16-24(25)29(32(33)40)31-26(39)4-5-27-28(31)23(11-41)34(42)52-27/h4-5,19-22,48-49H,1-3,6-10,12-18,42H2/t19?,20?,21?,22?,37-/m0/s1. The number of hydrogen-bond acceptors (Lipinski definition) is 12. The monoisotopic (exact) mass is 735 g/mol. The van der Waals surface area contributed by atoms with Crippen molar-refractivity contribution in [3.8, 4) is 23.2 Å². The highest BCUT2D eigenvalue weighted by atomic mass is 32.1. The molecule has 2 aromatic carbocycles. The van der Waals surface area contributed by atoms with Gasteiger partial charge in [-0.2, -0.15) is 15.2 Å². The van der Waals surface area contributed by atoms with Crippen LogP contribution in [0.15, 0.2) is 12.1 Å². The summed E-state index contributed by atoms with van der Waals surface area (Å²) in [6.07, 6.45) is 2.54. The number of anilines is 2. The van der Waals surface area contributed by atoms with Gasteiger partial charge in [0.2, 0.25) is 0 Å². The van der Waals surface area contributed by atoms with E-state index < -0.39 is 29.4 Å². The van der Waals surface area contributed by atoms with E-state index in [9.17, 15) is 19.9 Å². The highest BCUT2D eigenvalue weighted by molar-refractivity contribution is 7.23. The highest BCUT2D eigenvalue weighted by Gasteiger charge is 2.50. The number of thiophene rings is 1. The molecular formula is C37H40F3N7O4S. The van der Waals surface area contributed by atoms with E-state index >= 15 is 8.78 Å². The van der Waals surface area contributed by atoms with Gasteiger partial charge in [0.25, 0.3) is 0 Å². The zero-order chi connectivity index (χ0) is 35.9. The Bertz CT molecular complexity index is 2120. The number of nitrogens with zero attached hydrogens (tertiary/aromatic N) is 6. The van der Waals surface area contributed by atoms with Crippen molar-refractivity contribution >= 4 is 43.1 Å². The number of hydrogen-bond donors (Lipinski definition) is 3. The van der Waals surface area contributed by atoms with Crippen molar-refractivity contribution in [2.45, 2.75) is 81.6 Å². The van der Waals surface area contributed by atoms with Gasteiger partial charge in [-0.15, -0.1) is 11.3 Å². The van der Waals surface area contributed by atoms with Crippen LogP contribution in [0.1, 0.15) is 55.2 Å². The van der Waals surface area contributed by atoms with Crippen LogP contribution in [0, 0.1) is 23.0 Å². The van der Waals surface area contributed by atoms with Crippen molar-refractivity contribution in [1.29, 1.82) is 5.26 Å². The second-order valence-corrected chi connectivity index (χ2v) is 16.1. The molecule has 4 aromatic rings. The lowest BCUT2D eigenvalue weighted by molar-refractivity contribution is 0.0740. The lowest BCUT2D eigenvalue weighted by atomic mass is 9.90. The molecule has 0 radical (unpaired) electrons. The van der Waals surface area contributed by atoms with Crippen molar-refractivity contribution in [1.82, 2.24) is 19.8 Å². The largest absolute Gasteiger partial charge is 0.461 e. The molecule has 274 valence electrons. The molecule has 2 aromatic heterocycles. The Labute approximate surface area is 302 Å². The van der Waals surface area contributed by atoms with Crippen molar-refractivity contribution in [2.75, 3.05) is 56.6 Å². The molecule has 0 saturated carbocycles. The first-order valence-electron chi connectivity index (χ1n) is 18.0. The Morgan fingerprint density at radius 1 is 1.12 bits per heavy atom. The number of likely N-dealkylation sites (tertiary alicyclic amines) is 1. The number of piperazine rings is 1.